The standard InChI is InChI=1S/C11H14N2O3/c14-11(15)8-3-5-13-10(6-8)16-9-2-1-4-12-7-9/h3,5-6,9,12H,1-2,4,7H2,(H,14,15). The lowest BCUT2D eigenvalue weighted by Gasteiger charge is -2.23. The number of rotatable bonds is 3. The van der Waals surface area contributed by atoms with E-state index in [1.807, 2.05) is 0 Å². The van der Waals surface area contributed by atoms with E-state index in [9.17, 15) is 4.79 Å². The number of ether oxygens (including phenoxy) is 1. The van der Waals surface area contributed by atoms with Crippen LogP contribution in [0.25, 0.3) is 0 Å². The van der Waals surface area contributed by atoms with Gasteiger partial charge in [-0.1, -0.05) is 0 Å². The zero-order valence-corrected chi connectivity index (χ0v) is 8.85. The average molecular weight is 222 g/mol. The van der Waals surface area contributed by atoms with Crippen molar-refractivity contribution in [1.29, 1.82) is 0 Å². The number of aromatic nitrogens is 1. The Hall–Kier alpha value is -1.62. The summed E-state index contributed by atoms with van der Waals surface area (Å²) in [6.45, 7) is 1.81. The first-order chi connectivity index (χ1) is 7.75. The van der Waals surface area contributed by atoms with E-state index in [1.54, 1.807) is 0 Å². The minimum atomic E-state index is -0.964. The van der Waals surface area contributed by atoms with Crippen molar-refractivity contribution in [2.75, 3.05) is 13.1 Å². The van der Waals surface area contributed by atoms with E-state index >= 15 is 0 Å². The molecule has 0 bridgehead atoms. The summed E-state index contributed by atoms with van der Waals surface area (Å²) in [5.41, 5.74) is 0.203. The third-order valence-corrected chi connectivity index (χ3v) is 2.52. The second kappa shape index (κ2) is 4.94. The number of hydrogen-bond acceptors (Lipinski definition) is 4. The second-order valence-electron chi connectivity index (χ2n) is 3.77. The molecule has 86 valence electrons. The molecular formula is C11H14N2O3. The number of nitrogens with zero attached hydrogens (tertiary/aromatic N) is 1. The molecule has 1 aromatic heterocycles. The SMILES string of the molecule is O=C(O)c1ccnc(OC2CCCNC2)c1. The van der Waals surface area contributed by atoms with Crippen LogP contribution in [0.4, 0.5) is 0 Å². The lowest BCUT2D eigenvalue weighted by Crippen LogP contribution is -2.37. The highest BCUT2D eigenvalue weighted by molar-refractivity contribution is 5.87. The van der Waals surface area contributed by atoms with Gasteiger partial charge in [-0.05, 0) is 25.5 Å². The molecule has 5 nitrogen and oxygen atoms in total. The largest absolute Gasteiger partial charge is 0.478 e. The van der Waals surface area contributed by atoms with Gasteiger partial charge >= 0.3 is 5.97 Å². The number of pyridine rings is 1. The summed E-state index contributed by atoms with van der Waals surface area (Å²) in [7, 11) is 0. The lowest BCUT2D eigenvalue weighted by atomic mass is 10.1. The fourth-order valence-electron chi connectivity index (χ4n) is 1.70. The normalized spacial score (nSPS) is 20.4. The topological polar surface area (TPSA) is 71.5 Å². The van der Waals surface area contributed by atoms with Crippen LogP contribution in [-0.2, 0) is 0 Å². The Labute approximate surface area is 93.5 Å². The minimum Gasteiger partial charge on any atom is -0.478 e. The molecule has 1 fully saturated rings. The predicted octanol–water partition coefficient (Wildman–Crippen LogP) is 0.911. The molecule has 2 N–H and O–H groups in total. The Morgan fingerprint density at radius 2 is 2.50 bits per heavy atom. The highest BCUT2D eigenvalue weighted by Crippen LogP contribution is 2.14. The third kappa shape index (κ3) is 2.70. The number of piperidine rings is 1. The molecular weight excluding hydrogens is 208 g/mol. The van der Waals surface area contributed by atoms with Crippen molar-refractivity contribution >= 4 is 5.97 Å². The van der Waals surface area contributed by atoms with Crippen LogP contribution in [-0.4, -0.2) is 35.3 Å². The number of nitrogens with one attached hydrogen (secondary N) is 1. The Bertz CT molecular complexity index is 375. The van der Waals surface area contributed by atoms with E-state index < -0.39 is 5.97 Å². The van der Waals surface area contributed by atoms with Crippen LogP contribution in [0.15, 0.2) is 18.3 Å². The van der Waals surface area contributed by atoms with Crippen molar-refractivity contribution in [2.45, 2.75) is 18.9 Å². The summed E-state index contributed by atoms with van der Waals surface area (Å²) in [5.74, 6) is -0.581. The number of carboxylic acid groups (broad SMARTS) is 1. The van der Waals surface area contributed by atoms with Crippen LogP contribution < -0.4 is 10.1 Å². The van der Waals surface area contributed by atoms with E-state index in [2.05, 4.69) is 10.3 Å². The molecule has 2 heterocycles. The summed E-state index contributed by atoms with van der Waals surface area (Å²) >= 11 is 0. The zero-order valence-electron chi connectivity index (χ0n) is 8.85. The van der Waals surface area contributed by atoms with Gasteiger partial charge in [-0.3, -0.25) is 0 Å². The molecule has 1 aliphatic heterocycles. The van der Waals surface area contributed by atoms with Gasteiger partial charge in [0.25, 0.3) is 0 Å². The molecule has 16 heavy (non-hydrogen) atoms. The molecule has 5 heteroatoms. The summed E-state index contributed by atoms with van der Waals surface area (Å²) in [5, 5.41) is 12.0. The smallest absolute Gasteiger partial charge is 0.335 e. The monoisotopic (exact) mass is 222 g/mol. The van der Waals surface area contributed by atoms with Gasteiger partial charge in [-0.2, -0.15) is 0 Å². The Kier molecular flexibility index (Phi) is 3.36. The van der Waals surface area contributed by atoms with Crippen molar-refractivity contribution in [1.82, 2.24) is 10.3 Å². The molecule has 0 spiro atoms. The first-order valence-corrected chi connectivity index (χ1v) is 5.32. The Balaban J connectivity index is 2.02. The van der Waals surface area contributed by atoms with Crippen LogP contribution in [0.1, 0.15) is 23.2 Å². The van der Waals surface area contributed by atoms with Crippen molar-refractivity contribution in [2.24, 2.45) is 0 Å². The second-order valence-corrected chi connectivity index (χ2v) is 3.77. The molecule has 0 aromatic carbocycles. The first-order valence-electron chi connectivity index (χ1n) is 5.32. The molecule has 2 rings (SSSR count). The van der Waals surface area contributed by atoms with E-state index in [4.69, 9.17) is 9.84 Å². The first kappa shape index (κ1) is 10.9. The van der Waals surface area contributed by atoms with E-state index in [-0.39, 0.29) is 11.7 Å². The predicted molar refractivity (Wildman–Crippen MR) is 57.7 cm³/mol. The molecule has 0 amide bonds. The van der Waals surface area contributed by atoms with Gasteiger partial charge < -0.3 is 15.2 Å². The quantitative estimate of drug-likeness (QED) is 0.795. The maximum absolute atomic E-state index is 10.7. The molecule has 1 aromatic rings. The van der Waals surface area contributed by atoms with E-state index in [1.165, 1.54) is 18.3 Å². The zero-order chi connectivity index (χ0) is 11.4. The number of carboxylic acids is 1. The Morgan fingerprint density at radius 1 is 1.62 bits per heavy atom. The van der Waals surface area contributed by atoms with Gasteiger partial charge in [0, 0.05) is 18.8 Å². The molecule has 0 aliphatic carbocycles. The van der Waals surface area contributed by atoms with Crippen molar-refractivity contribution < 1.29 is 14.6 Å². The van der Waals surface area contributed by atoms with Crippen LogP contribution in [0.5, 0.6) is 5.88 Å². The van der Waals surface area contributed by atoms with Crippen LogP contribution in [0.2, 0.25) is 0 Å². The van der Waals surface area contributed by atoms with Crippen molar-refractivity contribution in [3.8, 4) is 5.88 Å². The highest BCUT2D eigenvalue weighted by atomic mass is 16.5. The molecule has 1 unspecified atom stereocenters. The van der Waals surface area contributed by atoms with Crippen LogP contribution >= 0.6 is 0 Å². The minimum absolute atomic E-state index is 0.0882. The number of hydrogen-bond donors (Lipinski definition) is 2. The van der Waals surface area contributed by atoms with Crippen LogP contribution in [0.3, 0.4) is 0 Å². The Morgan fingerprint density at radius 3 is 3.19 bits per heavy atom. The van der Waals surface area contributed by atoms with Crippen molar-refractivity contribution in [3.63, 3.8) is 0 Å². The van der Waals surface area contributed by atoms with Gasteiger partial charge in [0.2, 0.25) is 5.88 Å². The maximum atomic E-state index is 10.7. The third-order valence-electron chi connectivity index (χ3n) is 2.52. The van der Waals surface area contributed by atoms with Gasteiger partial charge in [0.15, 0.2) is 0 Å². The molecule has 1 atom stereocenters. The highest BCUT2D eigenvalue weighted by Gasteiger charge is 2.15. The van der Waals surface area contributed by atoms with Gasteiger partial charge in [0.05, 0.1) is 5.56 Å². The van der Waals surface area contributed by atoms with Gasteiger partial charge in [-0.15, -0.1) is 0 Å². The average Bonchev–Trinajstić information content (AvgIpc) is 2.30. The fourth-order valence-corrected chi connectivity index (χ4v) is 1.70. The molecule has 1 aliphatic rings. The van der Waals surface area contributed by atoms with Crippen LogP contribution in [0, 0.1) is 0 Å². The number of carbonyl (C=O) groups is 1. The summed E-state index contributed by atoms with van der Waals surface area (Å²) < 4.78 is 5.61. The summed E-state index contributed by atoms with van der Waals surface area (Å²) in [6.07, 6.45) is 3.59. The van der Waals surface area contributed by atoms with E-state index in [0.29, 0.717) is 5.88 Å². The maximum Gasteiger partial charge on any atom is 0.335 e. The van der Waals surface area contributed by atoms with Crippen molar-refractivity contribution in [3.05, 3.63) is 23.9 Å². The molecule has 0 radical (unpaired) electrons. The molecule has 0 saturated carbocycles. The fraction of sp³-hybridized carbons (Fsp3) is 0.455. The van der Waals surface area contributed by atoms with Gasteiger partial charge in [0.1, 0.15) is 6.10 Å². The molecule has 1 saturated heterocycles. The number of aromatic carboxylic acids is 1. The summed E-state index contributed by atoms with van der Waals surface area (Å²) in [4.78, 5) is 14.8. The van der Waals surface area contributed by atoms with Gasteiger partial charge in [-0.25, -0.2) is 9.78 Å². The van der Waals surface area contributed by atoms with E-state index in [0.717, 1.165) is 25.9 Å². The summed E-state index contributed by atoms with van der Waals surface area (Å²) in [6, 6.07) is 2.91. The lowest BCUT2D eigenvalue weighted by molar-refractivity contribution is 0.0695.